The van der Waals surface area contributed by atoms with Crippen LogP contribution in [0.1, 0.15) is 18.5 Å². The topological polar surface area (TPSA) is 85.4 Å². The molecule has 0 aromatic carbocycles. The number of carbonyl (C=O) groups excluding carboxylic acids is 1. The van der Waals surface area contributed by atoms with Crippen LogP contribution in [0, 0.1) is 12.8 Å². The third-order valence-electron chi connectivity index (χ3n) is 3.81. The van der Waals surface area contributed by atoms with Gasteiger partial charge in [-0.15, -0.1) is 0 Å². The third-order valence-corrected chi connectivity index (χ3v) is 4.93. The van der Waals surface area contributed by atoms with Crippen LogP contribution in [0.15, 0.2) is 18.5 Å². The maximum atomic E-state index is 11.9. The van der Waals surface area contributed by atoms with E-state index < -0.39 is 0 Å². The number of carbonyl (C=O) groups is 1. The first kappa shape index (κ1) is 17.6. The molecule has 1 fully saturated rings. The fourth-order valence-corrected chi connectivity index (χ4v) is 3.23. The van der Waals surface area contributed by atoms with Gasteiger partial charge in [0.15, 0.2) is 5.13 Å². The molecule has 2 N–H and O–H groups in total. The molecule has 2 aromatic heterocycles. The number of ether oxygens (including phenoxy) is 2. The highest BCUT2D eigenvalue weighted by Gasteiger charge is 2.20. The average molecular weight is 362 g/mol. The van der Waals surface area contributed by atoms with Crippen LogP contribution in [-0.2, 0) is 4.74 Å². The zero-order valence-electron chi connectivity index (χ0n) is 14.4. The summed E-state index contributed by atoms with van der Waals surface area (Å²) in [6.07, 6.45) is 5.94. The van der Waals surface area contributed by atoms with Gasteiger partial charge in [-0.05, 0) is 31.7 Å². The van der Waals surface area contributed by atoms with Gasteiger partial charge in [0.05, 0.1) is 30.5 Å². The normalized spacial score (nSPS) is 13.5. The Bertz CT molecular complexity index is 730. The van der Waals surface area contributed by atoms with Crippen LogP contribution in [0.3, 0.4) is 0 Å². The number of hydrogen-bond acceptors (Lipinski definition) is 6. The highest BCUT2D eigenvalue weighted by atomic mass is 32.1. The maximum absolute atomic E-state index is 11.9. The summed E-state index contributed by atoms with van der Waals surface area (Å²) in [5, 5.41) is 6.08. The first-order valence-corrected chi connectivity index (χ1v) is 9.07. The predicted molar refractivity (Wildman–Crippen MR) is 97.2 cm³/mol. The summed E-state index contributed by atoms with van der Waals surface area (Å²) in [6.45, 7) is 3.71. The van der Waals surface area contributed by atoms with Crippen molar-refractivity contribution in [1.82, 2.24) is 15.3 Å². The number of nitrogens with one attached hydrogen (secondary N) is 2. The van der Waals surface area contributed by atoms with Crippen molar-refractivity contribution in [2.75, 3.05) is 32.2 Å². The second-order valence-electron chi connectivity index (χ2n) is 5.95. The Morgan fingerprint density at radius 1 is 1.40 bits per heavy atom. The molecule has 2 heterocycles. The zero-order valence-corrected chi connectivity index (χ0v) is 15.2. The van der Waals surface area contributed by atoms with Crippen LogP contribution < -0.4 is 15.4 Å². The first-order valence-electron chi connectivity index (χ1n) is 8.25. The molecule has 1 saturated carbocycles. The van der Waals surface area contributed by atoms with E-state index in [1.807, 2.05) is 13.0 Å². The van der Waals surface area contributed by atoms with Gasteiger partial charge >= 0.3 is 6.03 Å². The van der Waals surface area contributed by atoms with E-state index in [1.54, 1.807) is 19.5 Å². The SMILES string of the molecule is COc1cncc(-c2sc(NC(=O)NCCOCC3CC3)nc2C)c1. The third kappa shape index (κ3) is 5.14. The highest BCUT2D eigenvalue weighted by Crippen LogP contribution is 2.33. The molecule has 0 bridgehead atoms. The average Bonchev–Trinajstić information content (AvgIpc) is 3.36. The molecule has 25 heavy (non-hydrogen) atoms. The van der Waals surface area contributed by atoms with Crippen molar-refractivity contribution in [3.8, 4) is 16.2 Å². The van der Waals surface area contributed by atoms with Gasteiger partial charge in [0.2, 0.25) is 0 Å². The van der Waals surface area contributed by atoms with Gasteiger partial charge in [-0.1, -0.05) is 11.3 Å². The smallest absolute Gasteiger partial charge is 0.321 e. The molecule has 0 spiro atoms. The van der Waals surface area contributed by atoms with Gasteiger partial charge in [-0.25, -0.2) is 9.78 Å². The van der Waals surface area contributed by atoms with Crippen LogP contribution >= 0.6 is 11.3 Å². The molecule has 8 heteroatoms. The standard InChI is InChI=1S/C17H22N4O3S/c1-11-15(13-7-14(23-2)9-18-8-13)25-17(20-11)21-16(22)19-5-6-24-10-12-3-4-12/h7-9,12H,3-6,10H2,1-2H3,(H2,19,20,21,22). The second-order valence-corrected chi connectivity index (χ2v) is 6.95. The van der Waals surface area contributed by atoms with E-state index in [1.165, 1.54) is 24.2 Å². The lowest BCUT2D eigenvalue weighted by Gasteiger charge is -2.06. The summed E-state index contributed by atoms with van der Waals surface area (Å²) in [4.78, 5) is 21.5. The number of rotatable bonds is 8. The molecule has 7 nitrogen and oxygen atoms in total. The number of aryl methyl sites for hydroxylation is 1. The van der Waals surface area contributed by atoms with Crippen molar-refractivity contribution in [3.05, 3.63) is 24.2 Å². The summed E-state index contributed by atoms with van der Waals surface area (Å²) in [7, 11) is 1.60. The van der Waals surface area contributed by atoms with Crippen molar-refractivity contribution in [1.29, 1.82) is 0 Å². The van der Waals surface area contributed by atoms with Crippen molar-refractivity contribution in [2.24, 2.45) is 5.92 Å². The van der Waals surface area contributed by atoms with Gasteiger partial charge in [0.1, 0.15) is 5.75 Å². The summed E-state index contributed by atoms with van der Waals surface area (Å²) in [5.74, 6) is 1.42. The number of amides is 2. The lowest BCUT2D eigenvalue weighted by Crippen LogP contribution is -2.31. The van der Waals surface area contributed by atoms with E-state index in [9.17, 15) is 4.79 Å². The van der Waals surface area contributed by atoms with E-state index in [0.29, 0.717) is 24.0 Å². The molecule has 134 valence electrons. The lowest BCUT2D eigenvalue weighted by atomic mass is 10.2. The fraction of sp³-hybridized carbons (Fsp3) is 0.471. The lowest BCUT2D eigenvalue weighted by molar-refractivity contribution is 0.127. The molecule has 0 radical (unpaired) electrons. The van der Waals surface area contributed by atoms with Crippen molar-refractivity contribution in [2.45, 2.75) is 19.8 Å². The molecule has 2 amide bonds. The van der Waals surface area contributed by atoms with E-state index in [-0.39, 0.29) is 6.03 Å². The Morgan fingerprint density at radius 3 is 3.00 bits per heavy atom. The Labute approximate surface area is 150 Å². The van der Waals surface area contributed by atoms with E-state index in [0.717, 1.165) is 28.7 Å². The van der Waals surface area contributed by atoms with Crippen molar-refractivity contribution in [3.63, 3.8) is 0 Å². The summed E-state index contributed by atoms with van der Waals surface area (Å²) < 4.78 is 10.7. The number of anilines is 1. The van der Waals surface area contributed by atoms with E-state index in [2.05, 4.69) is 20.6 Å². The predicted octanol–water partition coefficient (Wildman–Crippen LogP) is 3.07. The largest absolute Gasteiger partial charge is 0.495 e. The number of pyridine rings is 1. The summed E-state index contributed by atoms with van der Waals surface area (Å²) in [5.41, 5.74) is 1.75. The number of aromatic nitrogens is 2. The molecule has 0 atom stereocenters. The van der Waals surface area contributed by atoms with Crippen LogP contribution in [0.25, 0.3) is 10.4 Å². The molecular formula is C17H22N4O3S. The molecule has 1 aliphatic carbocycles. The zero-order chi connectivity index (χ0) is 17.6. The number of thiazole rings is 1. The second kappa shape index (κ2) is 8.26. The number of urea groups is 1. The quantitative estimate of drug-likeness (QED) is 0.705. The number of methoxy groups -OCH3 is 1. The molecular weight excluding hydrogens is 340 g/mol. The molecule has 3 rings (SSSR count). The van der Waals surface area contributed by atoms with Crippen molar-refractivity contribution < 1.29 is 14.3 Å². The van der Waals surface area contributed by atoms with E-state index in [4.69, 9.17) is 9.47 Å². The van der Waals surface area contributed by atoms with Gasteiger partial charge in [0, 0.05) is 24.9 Å². The maximum Gasteiger partial charge on any atom is 0.321 e. The Kier molecular flexibility index (Phi) is 5.83. The minimum Gasteiger partial charge on any atom is -0.495 e. The van der Waals surface area contributed by atoms with E-state index >= 15 is 0 Å². The van der Waals surface area contributed by atoms with Gasteiger partial charge in [0.25, 0.3) is 0 Å². The molecule has 0 saturated heterocycles. The highest BCUT2D eigenvalue weighted by molar-refractivity contribution is 7.19. The van der Waals surface area contributed by atoms with Crippen LogP contribution in [-0.4, -0.2) is 42.9 Å². The Balaban J connectivity index is 1.51. The van der Waals surface area contributed by atoms with Crippen LogP contribution in [0.2, 0.25) is 0 Å². The minimum atomic E-state index is -0.279. The first-order chi connectivity index (χ1) is 12.2. The Morgan fingerprint density at radius 2 is 2.24 bits per heavy atom. The van der Waals surface area contributed by atoms with Crippen LogP contribution in [0.5, 0.6) is 5.75 Å². The minimum absolute atomic E-state index is 0.279. The summed E-state index contributed by atoms with van der Waals surface area (Å²) >= 11 is 1.41. The molecule has 0 unspecified atom stereocenters. The van der Waals surface area contributed by atoms with Gasteiger partial charge in [-0.2, -0.15) is 0 Å². The van der Waals surface area contributed by atoms with Gasteiger partial charge < -0.3 is 14.8 Å². The monoisotopic (exact) mass is 362 g/mol. The molecule has 1 aliphatic rings. The number of nitrogens with zero attached hydrogens (tertiary/aromatic N) is 2. The van der Waals surface area contributed by atoms with Crippen molar-refractivity contribution >= 4 is 22.5 Å². The number of hydrogen-bond donors (Lipinski definition) is 2. The fourth-order valence-electron chi connectivity index (χ4n) is 2.28. The van der Waals surface area contributed by atoms with Gasteiger partial charge in [-0.3, -0.25) is 10.3 Å². The van der Waals surface area contributed by atoms with Crippen LogP contribution in [0.4, 0.5) is 9.93 Å². The summed E-state index contributed by atoms with van der Waals surface area (Å²) in [6, 6.07) is 1.62. The molecule has 0 aliphatic heterocycles. The molecule has 2 aromatic rings. The Hall–Kier alpha value is -2.19.